The molecule has 258 valence electrons. The summed E-state index contributed by atoms with van der Waals surface area (Å²) in [7, 11) is -4.83. The molecule has 1 saturated heterocycles. The minimum atomic E-state index is -3.11. The van der Waals surface area contributed by atoms with Crippen LogP contribution in [0.5, 0.6) is 0 Å². The topological polar surface area (TPSA) is 204 Å². The van der Waals surface area contributed by atoms with Gasteiger partial charge in [-0.15, -0.1) is 0 Å². The van der Waals surface area contributed by atoms with E-state index in [4.69, 9.17) is 18.9 Å². The van der Waals surface area contributed by atoms with E-state index < -0.39 is 72.4 Å². The number of nitrogens with zero attached hydrogens (tertiary/aromatic N) is 4. The Hall–Kier alpha value is -2.75. The van der Waals surface area contributed by atoms with Crippen LogP contribution >= 0.6 is 0 Å². The number of amides is 1. The van der Waals surface area contributed by atoms with E-state index in [-0.39, 0.29) is 36.8 Å². The van der Waals surface area contributed by atoms with Crippen molar-refractivity contribution in [2.45, 2.75) is 101 Å². The van der Waals surface area contributed by atoms with E-state index in [0.717, 1.165) is 23.3 Å². The van der Waals surface area contributed by atoms with E-state index in [0.29, 0.717) is 12.1 Å². The summed E-state index contributed by atoms with van der Waals surface area (Å²) < 4.78 is 23.1. The number of esters is 2. The van der Waals surface area contributed by atoms with Crippen molar-refractivity contribution in [1.82, 2.24) is 19.5 Å². The Bertz CT molecular complexity index is 1410. The predicted molar refractivity (Wildman–Crippen MR) is 178 cm³/mol. The molecule has 1 aliphatic rings. The molecule has 0 spiro atoms. The van der Waals surface area contributed by atoms with Crippen LogP contribution in [0.4, 0.5) is 10.6 Å². The monoisotopic (exact) mass is 699 g/mol. The van der Waals surface area contributed by atoms with Crippen LogP contribution in [0, 0.1) is 0 Å². The Morgan fingerprint density at radius 3 is 1.83 bits per heavy atom. The first-order valence-corrected chi connectivity index (χ1v) is 26.4. The van der Waals surface area contributed by atoms with Gasteiger partial charge in [0.15, 0.2) is 23.2 Å². The number of anilines is 1. The van der Waals surface area contributed by atoms with Gasteiger partial charge in [-0.25, -0.2) is 29.3 Å². The number of carbonyl (C=O) groups is 3. The maximum Gasteiger partial charge on any atom is 0.412 e. The fourth-order valence-electron chi connectivity index (χ4n) is 4.59. The van der Waals surface area contributed by atoms with Gasteiger partial charge >= 0.3 is 18.0 Å². The van der Waals surface area contributed by atoms with Gasteiger partial charge in [0.1, 0.15) is 12.4 Å². The zero-order chi connectivity index (χ0) is 34.7. The lowest BCUT2D eigenvalue weighted by Gasteiger charge is -2.36. The molecular formula is C28H49N5O10Si3. The highest BCUT2D eigenvalue weighted by atomic mass is 28.3. The first kappa shape index (κ1) is 37.7. The molecule has 15 nitrogen and oxygen atoms in total. The number of rotatable bonds is 14. The minimum absolute atomic E-state index is 0.0271. The van der Waals surface area contributed by atoms with Gasteiger partial charge < -0.3 is 34.3 Å². The minimum Gasteiger partial charge on any atom is -0.464 e. The molecule has 4 N–H and O–H groups in total. The standard InChI is InChI=1S/C28H49N5O10Si3/c1-44(2,3)13-10-40-24(35)27(38)19(16-34)43-23(28(27,39)25(36)41-11-14-45(4,5)6)33-18-31-20-21(29-17-30-22(20)33)32-26(37)42-12-15-46(7,8)9/h17-19,23,34,38-39H,10-16H2,1-9H3,(H,29,30,32,37)/t19-,23-,27+,28-/m1/s1. The van der Waals surface area contributed by atoms with Crippen molar-refractivity contribution in [2.75, 3.05) is 31.7 Å². The van der Waals surface area contributed by atoms with E-state index >= 15 is 0 Å². The van der Waals surface area contributed by atoms with E-state index in [1.807, 2.05) is 0 Å². The van der Waals surface area contributed by atoms with Crippen molar-refractivity contribution < 1.29 is 48.7 Å². The molecule has 2 aromatic heterocycles. The number of aliphatic hydroxyl groups excluding tert-OH is 1. The Balaban J connectivity index is 2.02. The largest absolute Gasteiger partial charge is 0.464 e. The second kappa shape index (κ2) is 14.2. The zero-order valence-electron chi connectivity index (χ0n) is 28.2. The lowest BCUT2D eigenvalue weighted by molar-refractivity contribution is -0.214. The molecule has 0 bridgehead atoms. The number of hydrogen-bond donors (Lipinski definition) is 4. The third-order valence-electron chi connectivity index (χ3n) is 7.57. The number of aromatic nitrogens is 4. The number of carbonyl (C=O) groups excluding carboxylic acids is 3. The van der Waals surface area contributed by atoms with E-state index in [2.05, 4.69) is 79.2 Å². The van der Waals surface area contributed by atoms with E-state index in [9.17, 15) is 29.7 Å². The van der Waals surface area contributed by atoms with Crippen LogP contribution < -0.4 is 5.32 Å². The molecule has 1 amide bonds. The van der Waals surface area contributed by atoms with Crippen LogP contribution in [0.3, 0.4) is 0 Å². The highest BCUT2D eigenvalue weighted by Crippen LogP contribution is 2.48. The molecule has 18 heteroatoms. The molecule has 1 aliphatic heterocycles. The molecular weight excluding hydrogens is 651 g/mol. The Morgan fingerprint density at radius 1 is 0.826 bits per heavy atom. The smallest absolute Gasteiger partial charge is 0.412 e. The average Bonchev–Trinajstić information content (AvgIpc) is 3.44. The fraction of sp³-hybridized carbons (Fsp3) is 0.714. The van der Waals surface area contributed by atoms with Crippen LogP contribution in [-0.4, -0.2) is 121 Å². The van der Waals surface area contributed by atoms with Crippen molar-refractivity contribution >= 4 is 59.2 Å². The molecule has 1 fully saturated rings. The Labute approximate surface area is 272 Å². The molecule has 0 aromatic carbocycles. The fourth-order valence-corrected chi connectivity index (χ4v) is 6.73. The zero-order valence-corrected chi connectivity index (χ0v) is 31.2. The summed E-state index contributed by atoms with van der Waals surface area (Å²) in [5.74, 6) is -2.73. The number of fused-ring (bicyclic) bond motifs is 1. The summed E-state index contributed by atoms with van der Waals surface area (Å²) in [6.07, 6.45) is -2.18. The number of hydrogen-bond acceptors (Lipinski definition) is 13. The van der Waals surface area contributed by atoms with Gasteiger partial charge in [0.05, 0.1) is 32.8 Å². The van der Waals surface area contributed by atoms with E-state index in [1.165, 1.54) is 0 Å². The van der Waals surface area contributed by atoms with Gasteiger partial charge in [-0.2, -0.15) is 0 Å². The summed E-state index contributed by atoms with van der Waals surface area (Å²) in [5, 5.41) is 36.9. The normalized spacial score (nSPS) is 23.7. The lowest BCUT2D eigenvalue weighted by atomic mass is 9.79. The third kappa shape index (κ3) is 8.58. The van der Waals surface area contributed by atoms with Crippen LogP contribution in [0.25, 0.3) is 11.2 Å². The van der Waals surface area contributed by atoms with Crippen LogP contribution in [-0.2, 0) is 28.5 Å². The first-order valence-electron chi connectivity index (χ1n) is 15.3. The van der Waals surface area contributed by atoms with Gasteiger partial charge in [-0.05, 0) is 18.1 Å². The van der Waals surface area contributed by atoms with Crippen molar-refractivity contribution in [3.05, 3.63) is 12.7 Å². The number of nitrogens with one attached hydrogen (secondary N) is 1. The highest BCUT2D eigenvalue weighted by molar-refractivity contribution is 6.76. The molecule has 0 radical (unpaired) electrons. The van der Waals surface area contributed by atoms with E-state index in [1.54, 1.807) is 0 Å². The number of aliphatic hydroxyl groups is 3. The quantitative estimate of drug-likeness (QED) is 0.127. The highest BCUT2D eigenvalue weighted by Gasteiger charge is 2.76. The predicted octanol–water partition coefficient (Wildman–Crippen LogP) is 2.83. The molecule has 0 saturated carbocycles. The molecule has 3 rings (SSSR count). The van der Waals surface area contributed by atoms with Gasteiger partial charge in [0.2, 0.25) is 11.2 Å². The van der Waals surface area contributed by atoms with Crippen LogP contribution in [0.2, 0.25) is 77.1 Å². The SMILES string of the molecule is C[Si](C)(C)CCOC(=O)Nc1ncnc2c1ncn2[C@@H]1O[C@H](CO)[C@](O)(C(=O)OCC[Si](C)(C)C)[C@]1(O)C(=O)OCC[Si](C)(C)C. The van der Waals surface area contributed by atoms with Crippen molar-refractivity contribution in [1.29, 1.82) is 0 Å². The van der Waals surface area contributed by atoms with Crippen LogP contribution in [0.15, 0.2) is 12.7 Å². The third-order valence-corrected chi connectivity index (χ3v) is 12.7. The molecule has 0 unspecified atom stereocenters. The molecule has 46 heavy (non-hydrogen) atoms. The summed E-state index contributed by atoms with van der Waals surface area (Å²) in [5.41, 5.74) is -6.18. The molecule has 3 heterocycles. The second-order valence-corrected chi connectivity index (χ2v) is 32.1. The van der Waals surface area contributed by atoms with Crippen LogP contribution in [0.1, 0.15) is 6.23 Å². The summed E-state index contributed by atoms with van der Waals surface area (Å²) in [6.45, 7) is 17.9. The lowest BCUT2D eigenvalue weighted by Crippen LogP contribution is -2.68. The second-order valence-electron chi connectivity index (χ2n) is 15.2. The van der Waals surface area contributed by atoms with Gasteiger partial charge in [-0.3, -0.25) is 9.88 Å². The summed E-state index contributed by atoms with van der Waals surface area (Å²) >= 11 is 0. The maximum atomic E-state index is 13.8. The average molecular weight is 700 g/mol. The molecule has 0 aliphatic carbocycles. The van der Waals surface area contributed by atoms with Crippen molar-refractivity contribution in [2.24, 2.45) is 0 Å². The van der Waals surface area contributed by atoms with Gasteiger partial charge in [0, 0.05) is 24.2 Å². The Kier molecular flexibility index (Phi) is 11.6. The molecule has 4 atom stereocenters. The van der Waals surface area contributed by atoms with Gasteiger partial charge in [-0.1, -0.05) is 58.9 Å². The summed E-state index contributed by atoms with van der Waals surface area (Å²) in [6, 6.07) is 1.84. The Morgan fingerprint density at radius 2 is 1.33 bits per heavy atom. The summed E-state index contributed by atoms with van der Waals surface area (Å²) in [4.78, 5) is 52.4. The molecule has 2 aromatic rings. The number of imidazole rings is 1. The maximum absolute atomic E-state index is 13.8. The van der Waals surface area contributed by atoms with Gasteiger partial charge in [0.25, 0.3) is 0 Å². The van der Waals surface area contributed by atoms with Crippen molar-refractivity contribution in [3.8, 4) is 0 Å². The number of ether oxygens (including phenoxy) is 4. The first-order chi connectivity index (χ1) is 21.1. The van der Waals surface area contributed by atoms with Crippen molar-refractivity contribution in [3.63, 3.8) is 0 Å².